The smallest absolute Gasteiger partial charge is 0.276 e. The number of rotatable bonds is 3. The van der Waals surface area contributed by atoms with Crippen LogP contribution < -0.4 is 4.90 Å². The molecule has 0 N–H and O–H groups in total. The predicted molar refractivity (Wildman–Crippen MR) is 75.7 cm³/mol. The second-order valence-corrected chi connectivity index (χ2v) is 5.69. The molecular formula is C13H18ClN3O2. The summed E-state index contributed by atoms with van der Waals surface area (Å²) in [6.07, 6.45) is 4.65. The molecule has 104 valence electrons. The number of pyridine rings is 1. The molecule has 2 unspecified atom stereocenters. The predicted octanol–water partition coefficient (Wildman–Crippen LogP) is 3.66. The van der Waals surface area contributed by atoms with Crippen molar-refractivity contribution in [2.45, 2.75) is 38.6 Å². The van der Waals surface area contributed by atoms with Gasteiger partial charge >= 0.3 is 0 Å². The monoisotopic (exact) mass is 283 g/mol. The van der Waals surface area contributed by atoms with E-state index in [9.17, 15) is 10.1 Å². The van der Waals surface area contributed by atoms with Gasteiger partial charge in [-0.15, -0.1) is 0 Å². The van der Waals surface area contributed by atoms with E-state index in [4.69, 9.17) is 11.6 Å². The van der Waals surface area contributed by atoms with Crippen LogP contribution in [0.15, 0.2) is 12.1 Å². The van der Waals surface area contributed by atoms with E-state index in [1.165, 1.54) is 25.0 Å². The summed E-state index contributed by atoms with van der Waals surface area (Å²) in [6.45, 7) is 2.24. The quantitative estimate of drug-likeness (QED) is 0.482. The fourth-order valence-electron chi connectivity index (χ4n) is 2.70. The van der Waals surface area contributed by atoms with Crippen LogP contribution in [0.25, 0.3) is 0 Å². The van der Waals surface area contributed by atoms with Crippen LogP contribution in [0.4, 0.5) is 11.5 Å². The first-order valence-corrected chi connectivity index (χ1v) is 6.90. The molecule has 0 aromatic carbocycles. The fourth-order valence-corrected chi connectivity index (χ4v) is 2.90. The van der Waals surface area contributed by atoms with Crippen molar-refractivity contribution in [2.75, 3.05) is 11.9 Å². The van der Waals surface area contributed by atoms with Crippen LogP contribution >= 0.6 is 11.6 Å². The number of hydrogen-bond donors (Lipinski definition) is 0. The van der Waals surface area contributed by atoms with Gasteiger partial charge in [-0.25, -0.2) is 4.98 Å². The van der Waals surface area contributed by atoms with E-state index in [1.807, 2.05) is 11.9 Å². The van der Waals surface area contributed by atoms with Crippen molar-refractivity contribution in [2.24, 2.45) is 5.92 Å². The molecule has 1 fully saturated rings. The summed E-state index contributed by atoms with van der Waals surface area (Å²) in [5, 5.41) is 11.0. The Morgan fingerprint density at radius 1 is 1.47 bits per heavy atom. The van der Waals surface area contributed by atoms with E-state index in [2.05, 4.69) is 11.9 Å². The highest BCUT2D eigenvalue weighted by atomic mass is 35.5. The van der Waals surface area contributed by atoms with E-state index in [1.54, 1.807) is 0 Å². The summed E-state index contributed by atoms with van der Waals surface area (Å²) in [7, 11) is 1.94. The van der Waals surface area contributed by atoms with Crippen LogP contribution in [0.2, 0.25) is 5.15 Å². The van der Waals surface area contributed by atoms with Crippen molar-refractivity contribution in [3.63, 3.8) is 0 Å². The van der Waals surface area contributed by atoms with Gasteiger partial charge in [-0.2, -0.15) is 0 Å². The molecule has 5 nitrogen and oxygen atoms in total. The van der Waals surface area contributed by atoms with Gasteiger partial charge in [0, 0.05) is 13.1 Å². The zero-order chi connectivity index (χ0) is 14.0. The summed E-state index contributed by atoms with van der Waals surface area (Å²) >= 11 is 5.86. The third-order valence-corrected chi connectivity index (χ3v) is 3.99. The summed E-state index contributed by atoms with van der Waals surface area (Å²) < 4.78 is 0. The lowest BCUT2D eigenvalue weighted by atomic mass is 9.86. The first kappa shape index (κ1) is 14.1. The Balaban J connectivity index is 2.22. The second-order valence-electron chi connectivity index (χ2n) is 5.30. The summed E-state index contributed by atoms with van der Waals surface area (Å²) in [5.41, 5.74) is -0.00860. The molecule has 19 heavy (non-hydrogen) atoms. The van der Waals surface area contributed by atoms with Gasteiger partial charge in [0.1, 0.15) is 11.0 Å². The highest BCUT2D eigenvalue weighted by Gasteiger charge is 2.24. The lowest BCUT2D eigenvalue weighted by Gasteiger charge is -2.34. The molecule has 0 spiro atoms. The first-order chi connectivity index (χ1) is 8.97. The maximum Gasteiger partial charge on any atom is 0.276 e. The molecule has 1 saturated carbocycles. The standard InChI is InChI=1S/C13H18ClN3O2/c1-9-4-3-5-10(6-9)16(2)13-8-11(17(18)19)7-12(14)15-13/h7-10H,3-6H2,1-2H3. The third kappa shape index (κ3) is 3.35. The Labute approximate surface area is 117 Å². The number of aromatic nitrogens is 1. The first-order valence-electron chi connectivity index (χ1n) is 6.52. The van der Waals surface area contributed by atoms with Crippen molar-refractivity contribution in [1.82, 2.24) is 4.98 Å². The lowest BCUT2D eigenvalue weighted by Crippen LogP contribution is -2.36. The van der Waals surface area contributed by atoms with Gasteiger partial charge in [0.25, 0.3) is 5.69 Å². The molecule has 1 aromatic heterocycles. The minimum atomic E-state index is -0.436. The molecule has 0 aliphatic heterocycles. The highest BCUT2D eigenvalue weighted by Crippen LogP contribution is 2.30. The van der Waals surface area contributed by atoms with Crippen molar-refractivity contribution in [1.29, 1.82) is 0 Å². The molecule has 0 bridgehead atoms. The zero-order valence-corrected chi connectivity index (χ0v) is 11.9. The summed E-state index contributed by atoms with van der Waals surface area (Å²) in [4.78, 5) is 16.6. The van der Waals surface area contributed by atoms with Gasteiger partial charge in [0.05, 0.1) is 17.1 Å². The minimum absolute atomic E-state index is 0.00860. The van der Waals surface area contributed by atoms with Gasteiger partial charge in [-0.3, -0.25) is 10.1 Å². The van der Waals surface area contributed by atoms with Crippen LogP contribution in [-0.4, -0.2) is 23.0 Å². The van der Waals surface area contributed by atoms with Crippen molar-refractivity contribution >= 4 is 23.1 Å². The number of nitrogens with zero attached hydrogens (tertiary/aromatic N) is 3. The number of halogens is 1. The van der Waals surface area contributed by atoms with E-state index in [0.29, 0.717) is 17.8 Å². The SMILES string of the molecule is CC1CCCC(N(C)c2cc([N+](=O)[O-])cc(Cl)n2)C1. The Morgan fingerprint density at radius 3 is 2.84 bits per heavy atom. The normalized spacial score (nSPS) is 23.1. The Kier molecular flexibility index (Phi) is 4.24. The van der Waals surface area contributed by atoms with Crippen molar-refractivity contribution < 1.29 is 4.92 Å². The third-order valence-electron chi connectivity index (χ3n) is 3.79. The van der Waals surface area contributed by atoms with Gasteiger partial charge in [-0.05, 0) is 18.8 Å². The number of hydrogen-bond acceptors (Lipinski definition) is 4. The van der Waals surface area contributed by atoms with Gasteiger partial charge < -0.3 is 4.90 Å². The van der Waals surface area contributed by atoms with Gasteiger partial charge in [0.15, 0.2) is 0 Å². The molecule has 1 aliphatic rings. The van der Waals surface area contributed by atoms with E-state index >= 15 is 0 Å². The zero-order valence-electron chi connectivity index (χ0n) is 11.2. The molecule has 0 amide bonds. The number of nitro groups is 1. The molecule has 1 aromatic rings. The summed E-state index contributed by atoms with van der Waals surface area (Å²) in [5.74, 6) is 1.27. The maximum atomic E-state index is 10.9. The minimum Gasteiger partial charge on any atom is -0.356 e. The molecule has 1 aliphatic carbocycles. The lowest BCUT2D eigenvalue weighted by molar-refractivity contribution is -0.384. The molecule has 1 heterocycles. The molecule has 0 radical (unpaired) electrons. The summed E-state index contributed by atoms with van der Waals surface area (Å²) in [6, 6.07) is 3.16. The van der Waals surface area contributed by atoms with Crippen LogP contribution in [0.1, 0.15) is 32.6 Å². The van der Waals surface area contributed by atoms with Crippen molar-refractivity contribution in [3.8, 4) is 0 Å². The number of anilines is 1. The molecule has 2 atom stereocenters. The molecule has 2 rings (SSSR count). The van der Waals surface area contributed by atoms with Crippen LogP contribution in [0.3, 0.4) is 0 Å². The average Bonchev–Trinajstić information content (AvgIpc) is 2.37. The molecule has 6 heteroatoms. The van der Waals surface area contributed by atoms with E-state index in [0.717, 1.165) is 12.8 Å². The Morgan fingerprint density at radius 2 is 2.21 bits per heavy atom. The van der Waals surface area contributed by atoms with Crippen LogP contribution in [0, 0.1) is 16.0 Å². The van der Waals surface area contributed by atoms with Crippen molar-refractivity contribution in [3.05, 3.63) is 27.4 Å². The molecular weight excluding hydrogens is 266 g/mol. The Bertz CT molecular complexity index is 481. The van der Waals surface area contributed by atoms with Gasteiger partial charge in [-0.1, -0.05) is 31.4 Å². The fraction of sp³-hybridized carbons (Fsp3) is 0.615. The second kappa shape index (κ2) is 5.74. The van der Waals surface area contributed by atoms with E-state index < -0.39 is 4.92 Å². The largest absolute Gasteiger partial charge is 0.356 e. The Hall–Kier alpha value is -1.36. The van der Waals surface area contributed by atoms with Gasteiger partial charge in [0.2, 0.25) is 0 Å². The molecule has 0 saturated heterocycles. The highest BCUT2D eigenvalue weighted by molar-refractivity contribution is 6.29. The van der Waals surface area contributed by atoms with E-state index in [-0.39, 0.29) is 10.8 Å². The van der Waals surface area contributed by atoms with Crippen LogP contribution in [0.5, 0.6) is 0 Å². The topological polar surface area (TPSA) is 59.3 Å². The van der Waals surface area contributed by atoms with Crippen LogP contribution in [-0.2, 0) is 0 Å². The average molecular weight is 284 g/mol. The maximum absolute atomic E-state index is 10.9.